The molecule has 1 aromatic rings. The van der Waals surface area contributed by atoms with Gasteiger partial charge in [0.05, 0.1) is 0 Å². The zero-order valence-electron chi connectivity index (χ0n) is 12.8. The molecular formula is C17H27N3. The molecule has 20 heavy (non-hydrogen) atoms. The third kappa shape index (κ3) is 2.84. The first-order valence-electron chi connectivity index (χ1n) is 8.02. The first-order valence-corrected chi connectivity index (χ1v) is 8.02. The van der Waals surface area contributed by atoms with Crippen molar-refractivity contribution in [3.63, 3.8) is 0 Å². The second-order valence-corrected chi connectivity index (χ2v) is 6.34. The van der Waals surface area contributed by atoms with Gasteiger partial charge in [-0.25, -0.2) is 0 Å². The molecule has 1 aromatic carbocycles. The van der Waals surface area contributed by atoms with Crippen LogP contribution in [0.25, 0.3) is 0 Å². The van der Waals surface area contributed by atoms with Crippen molar-refractivity contribution in [2.45, 2.75) is 44.8 Å². The Morgan fingerprint density at radius 2 is 1.95 bits per heavy atom. The maximum atomic E-state index is 3.21. The van der Waals surface area contributed by atoms with Crippen LogP contribution in [0.2, 0.25) is 0 Å². The summed E-state index contributed by atoms with van der Waals surface area (Å²) >= 11 is 0. The van der Waals surface area contributed by atoms with Crippen LogP contribution in [0.3, 0.4) is 0 Å². The third-order valence-corrected chi connectivity index (χ3v) is 4.84. The predicted molar refractivity (Wildman–Crippen MR) is 85.2 cm³/mol. The van der Waals surface area contributed by atoms with Crippen molar-refractivity contribution in [2.75, 3.05) is 31.6 Å². The van der Waals surface area contributed by atoms with E-state index in [0.717, 1.165) is 12.6 Å². The van der Waals surface area contributed by atoms with Crippen LogP contribution in [0.5, 0.6) is 0 Å². The van der Waals surface area contributed by atoms with E-state index < -0.39 is 0 Å². The second kappa shape index (κ2) is 6.15. The fraction of sp³-hybridized carbons (Fsp3) is 0.647. The summed E-state index contributed by atoms with van der Waals surface area (Å²) in [7, 11) is 2.00. The van der Waals surface area contributed by atoms with Gasteiger partial charge in [-0.1, -0.05) is 18.6 Å². The van der Waals surface area contributed by atoms with Gasteiger partial charge >= 0.3 is 0 Å². The number of fused-ring (bicyclic) bond motifs is 1. The summed E-state index contributed by atoms with van der Waals surface area (Å²) in [5, 5.41) is 3.21. The lowest BCUT2D eigenvalue weighted by atomic mass is 9.96. The van der Waals surface area contributed by atoms with Gasteiger partial charge in [-0.15, -0.1) is 0 Å². The van der Waals surface area contributed by atoms with Crippen molar-refractivity contribution < 1.29 is 0 Å². The van der Waals surface area contributed by atoms with E-state index in [1.54, 1.807) is 0 Å². The molecule has 0 radical (unpaired) electrons. The van der Waals surface area contributed by atoms with Crippen molar-refractivity contribution in [1.29, 1.82) is 0 Å². The molecule has 0 bridgehead atoms. The second-order valence-electron chi connectivity index (χ2n) is 6.34. The van der Waals surface area contributed by atoms with Crippen LogP contribution in [-0.4, -0.2) is 43.7 Å². The van der Waals surface area contributed by atoms with Crippen LogP contribution in [0.1, 0.15) is 31.7 Å². The lowest BCUT2D eigenvalue weighted by Gasteiger charge is -2.48. The molecule has 2 unspecified atom stereocenters. The van der Waals surface area contributed by atoms with Crippen LogP contribution in [-0.2, 0) is 6.54 Å². The highest BCUT2D eigenvalue weighted by Gasteiger charge is 2.32. The Bertz CT molecular complexity index is 428. The molecule has 0 aromatic heterocycles. The number of benzene rings is 1. The van der Waals surface area contributed by atoms with Crippen molar-refractivity contribution in [3.8, 4) is 0 Å². The quantitative estimate of drug-likeness (QED) is 0.913. The van der Waals surface area contributed by atoms with Gasteiger partial charge in [-0.2, -0.15) is 0 Å². The van der Waals surface area contributed by atoms with E-state index in [1.165, 1.54) is 50.1 Å². The molecule has 1 N–H and O–H groups in total. The summed E-state index contributed by atoms with van der Waals surface area (Å²) < 4.78 is 0. The van der Waals surface area contributed by atoms with E-state index in [4.69, 9.17) is 0 Å². The molecule has 3 rings (SSSR count). The smallest absolute Gasteiger partial charge is 0.0389 e. The number of hydrogen-bond acceptors (Lipinski definition) is 3. The Balaban J connectivity index is 1.72. The fourth-order valence-electron chi connectivity index (χ4n) is 3.72. The topological polar surface area (TPSA) is 18.5 Å². The number of piperidine rings is 1. The number of anilines is 1. The zero-order chi connectivity index (χ0) is 13.9. The average molecular weight is 273 g/mol. The van der Waals surface area contributed by atoms with E-state index in [9.17, 15) is 0 Å². The summed E-state index contributed by atoms with van der Waals surface area (Å²) in [5.41, 5.74) is 2.75. The molecule has 0 spiro atoms. The minimum Gasteiger partial charge on any atom is -0.366 e. The zero-order valence-corrected chi connectivity index (χ0v) is 12.8. The van der Waals surface area contributed by atoms with Gasteiger partial charge in [0.25, 0.3) is 0 Å². The molecule has 2 aliphatic heterocycles. The maximum absolute atomic E-state index is 3.21. The Morgan fingerprint density at radius 1 is 1.15 bits per heavy atom. The summed E-state index contributed by atoms with van der Waals surface area (Å²) in [6, 6.07) is 10.5. The number of piperazine rings is 1. The first-order chi connectivity index (χ1) is 9.78. The van der Waals surface area contributed by atoms with Gasteiger partial charge in [0.2, 0.25) is 0 Å². The molecule has 0 amide bonds. The van der Waals surface area contributed by atoms with Gasteiger partial charge in [-0.05, 0) is 51.1 Å². The van der Waals surface area contributed by atoms with Gasteiger partial charge in [0.15, 0.2) is 0 Å². The molecular weight excluding hydrogens is 246 g/mol. The van der Waals surface area contributed by atoms with Gasteiger partial charge in [0.1, 0.15) is 0 Å². The van der Waals surface area contributed by atoms with Crippen molar-refractivity contribution >= 4 is 5.69 Å². The number of nitrogens with zero attached hydrogens (tertiary/aromatic N) is 2. The van der Waals surface area contributed by atoms with Gasteiger partial charge in [-0.3, -0.25) is 4.90 Å². The number of rotatable bonds is 3. The molecule has 0 aliphatic carbocycles. The standard InChI is InChI=1S/C17H27N3/c1-14-12-19-10-4-3-5-17(19)13-20(14)16-8-6-15(7-9-16)11-18-2/h6-9,14,17-18H,3-5,10-13H2,1-2H3. The number of nitrogens with one attached hydrogen (secondary N) is 1. The average Bonchev–Trinajstić information content (AvgIpc) is 2.48. The minimum absolute atomic E-state index is 0.625. The van der Waals surface area contributed by atoms with Crippen LogP contribution in [0.15, 0.2) is 24.3 Å². The monoisotopic (exact) mass is 273 g/mol. The molecule has 3 nitrogen and oxygen atoms in total. The van der Waals surface area contributed by atoms with E-state index in [-0.39, 0.29) is 0 Å². The Hall–Kier alpha value is -1.06. The largest absolute Gasteiger partial charge is 0.366 e. The van der Waals surface area contributed by atoms with Crippen LogP contribution in [0.4, 0.5) is 5.69 Å². The first kappa shape index (κ1) is 13.9. The Morgan fingerprint density at radius 3 is 2.70 bits per heavy atom. The predicted octanol–water partition coefficient (Wildman–Crippen LogP) is 2.47. The Kier molecular flexibility index (Phi) is 4.27. The van der Waals surface area contributed by atoms with Gasteiger partial charge in [0, 0.05) is 37.4 Å². The van der Waals surface area contributed by atoms with Gasteiger partial charge < -0.3 is 10.2 Å². The summed E-state index contributed by atoms with van der Waals surface area (Å²) in [4.78, 5) is 5.32. The van der Waals surface area contributed by atoms with Crippen LogP contribution in [0, 0.1) is 0 Å². The molecule has 2 aliphatic rings. The SMILES string of the molecule is CNCc1ccc(N2CC3CCCCN3CC2C)cc1. The minimum atomic E-state index is 0.625. The Labute approximate surface area is 123 Å². The maximum Gasteiger partial charge on any atom is 0.0389 e. The van der Waals surface area contributed by atoms with E-state index in [2.05, 4.69) is 46.3 Å². The van der Waals surface area contributed by atoms with Crippen LogP contribution < -0.4 is 10.2 Å². The third-order valence-electron chi connectivity index (χ3n) is 4.84. The molecule has 2 fully saturated rings. The van der Waals surface area contributed by atoms with Crippen molar-refractivity contribution in [1.82, 2.24) is 10.2 Å². The van der Waals surface area contributed by atoms with Crippen molar-refractivity contribution in [2.24, 2.45) is 0 Å². The fourth-order valence-corrected chi connectivity index (χ4v) is 3.72. The molecule has 2 heterocycles. The summed E-state index contributed by atoms with van der Waals surface area (Å²) in [6.07, 6.45) is 4.17. The highest BCUT2D eigenvalue weighted by molar-refractivity contribution is 5.49. The summed E-state index contributed by atoms with van der Waals surface area (Å²) in [5.74, 6) is 0. The highest BCUT2D eigenvalue weighted by atomic mass is 15.3. The lowest BCUT2D eigenvalue weighted by molar-refractivity contribution is 0.115. The van der Waals surface area contributed by atoms with Crippen molar-refractivity contribution in [3.05, 3.63) is 29.8 Å². The number of hydrogen-bond donors (Lipinski definition) is 1. The molecule has 0 saturated carbocycles. The highest BCUT2D eigenvalue weighted by Crippen LogP contribution is 2.28. The van der Waals surface area contributed by atoms with E-state index in [1.807, 2.05) is 7.05 Å². The van der Waals surface area contributed by atoms with E-state index >= 15 is 0 Å². The molecule has 3 heteroatoms. The summed E-state index contributed by atoms with van der Waals surface area (Å²) in [6.45, 7) is 7.05. The van der Waals surface area contributed by atoms with E-state index in [0.29, 0.717) is 6.04 Å². The molecule has 110 valence electrons. The molecule has 2 saturated heterocycles. The normalized spacial score (nSPS) is 27.4. The van der Waals surface area contributed by atoms with Crippen LogP contribution >= 0.6 is 0 Å². The lowest BCUT2D eigenvalue weighted by Crippen LogP contribution is -2.58. The molecule has 2 atom stereocenters.